The SMILES string of the molecule is CC(C)(C)N(Cc1ccc([N+](=O)[O-])cc1)C(=O)O. The van der Waals surface area contributed by atoms with Gasteiger partial charge in [-0.2, -0.15) is 0 Å². The second-order valence-electron chi connectivity index (χ2n) is 4.96. The number of hydrogen-bond donors (Lipinski definition) is 1. The maximum absolute atomic E-state index is 11.1. The smallest absolute Gasteiger partial charge is 0.408 e. The lowest BCUT2D eigenvalue weighted by molar-refractivity contribution is -0.384. The van der Waals surface area contributed by atoms with E-state index in [4.69, 9.17) is 5.11 Å². The number of nitro groups is 1. The van der Waals surface area contributed by atoms with Crippen LogP contribution in [0.5, 0.6) is 0 Å². The number of nitrogens with zero attached hydrogens (tertiary/aromatic N) is 2. The zero-order valence-electron chi connectivity index (χ0n) is 10.6. The summed E-state index contributed by atoms with van der Waals surface area (Å²) in [6.07, 6.45) is -1.01. The van der Waals surface area contributed by atoms with Crippen LogP contribution in [0.4, 0.5) is 10.5 Å². The first-order valence-electron chi connectivity index (χ1n) is 5.45. The summed E-state index contributed by atoms with van der Waals surface area (Å²) in [4.78, 5) is 22.4. The molecule has 1 rings (SSSR count). The van der Waals surface area contributed by atoms with Crippen LogP contribution in [-0.2, 0) is 6.54 Å². The molecule has 0 spiro atoms. The van der Waals surface area contributed by atoms with Crippen molar-refractivity contribution >= 4 is 11.8 Å². The fraction of sp³-hybridized carbons (Fsp3) is 0.417. The molecular weight excluding hydrogens is 236 g/mol. The van der Waals surface area contributed by atoms with E-state index >= 15 is 0 Å². The highest BCUT2D eigenvalue weighted by molar-refractivity contribution is 5.66. The summed E-state index contributed by atoms with van der Waals surface area (Å²) < 4.78 is 0. The number of rotatable bonds is 3. The van der Waals surface area contributed by atoms with E-state index in [9.17, 15) is 14.9 Å². The van der Waals surface area contributed by atoms with E-state index < -0.39 is 16.6 Å². The summed E-state index contributed by atoms with van der Waals surface area (Å²) in [5.74, 6) is 0. The zero-order chi connectivity index (χ0) is 13.9. The number of non-ortho nitro benzene ring substituents is 1. The molecule has 0 saturated carbocycles. The Balaban J connectivity index is 2.89. The van der Waals surface area contributed by atoms with Crippen molar-refractivity contribution in [3.8, 4) is 0 Å². The number of hydrogen-bond acceptors (Lipinski definition) is 3. The normalized spacial score (nSPS) is 11.1. The third kappa shape index (κ3) is 3.44. The molecule has 0 aromatic heterocycles. The third-order valence-electron chi connectivity index (χ3n) is 2.53. The van der Waals surface area contributed by atoms with Gasteiger partial charge in [-0.1, -0.05) is 12.1 Å². The van der Waals surface area contributed by atoms with Gasteiger partial charge in [0, 0.05) is 24.2 Å². The average Bonchev–Trinajstić information content (AvgIpc) is 2.24. The van der Waals surface area contributed by atoms with E-state index in [1.165, 1.54) is 17.0 Å². The molecule has 0 radical (unpaired) electrons. The molecule has 0 aliphatic carbocycles. The van der Waals surface area contributed by atoms with Gasteiger partial charge in [0.1, 0.15) is 0 Å². The maximum Gasteiger partial charge on any atom is 0.408 e. The lowest BCUT2D eigenvalue weighted by Gasteiger charge is -2.33. The minimum atomic E-state index is -1.01. The first-order valence-corrected chi connectivity index (χ1v) is 5.45. The van der Waals surface area contributed by atoms with E-state index in [0.717, 1.165) is 5.56 Å². The molecule has 1 amide bonds. The van der Waals surface area contributed by atoms with Crippen LogP contribution in [0.2, 0.25) is 0 Å². The molecule has 18 heavy (non-hydrogen) atoms. The van der Waals surface area contributed by atoms with Gasteiger partial charge in [-0.15, -0.1) is 0 Å². The minimum Gasteiger partial charge on any atom is -0.465 e. The van der Waals surface area contributed by atoms with Crippen molar-refractivity contribution in [1.29, 1.82) is 0 Å². The van der Waals surface area contributed by atoms with E-state index in [1.807, 2.05) is 0 Å². The molecule has 0 unspecified atom stereocenters. The highest BCUT2D eigenvalue weighted by Crippen LogP contribution is 2.19. The van der Waals surface area contributed by atoms with Gasteiger partial charge in [0.25, 0.3) is 5.69 Å². The first kappa shape index (κ1) is 14.0. The van der Waals surface area contributed by atoms with Crippen molar-refractivity contribution < 1.29 is 14.8 Å². The number of benzene rings is 1. The largest absolute Gasteiger partial charge is 0.465 e. The van der Waals surface area contributed by atoms with Crippen molar-refractivity contribution in [2.24, 2.45) is 0 Å². The molecule has 0 bridgehead atoms. The van der Waals surface area contributed by atoms with Crippen LogP contribution in [0, 0.1) is 10.1 Å². The van der Waals surface area contributed by atoms with Crippen LogP contribution in [0.1, 0.15) is 26.3 Å². The van der Waals surface area contributed by atoms with Gasteiger partial charge in [0.05, 0.1) is 4.92 Å². The molecule has 98 valence electrons. The lowest BCUT2D eigenvalue weighted by atomic mass is 10.1. The van der Waals surface area contributed by atoms with Crippen LogP contribution in [0.3, 0.4) is 0 Å². The van der Waals surface area contributed by atoms with Gasteiger partial charge in [-0.05, 0) is 26.3 Å². The Bertz CT molecular complexity index is 448. The Morgan fingerprint density at radius 1 is 1.33 bits per heavy atom. The van der Waals surface area contributed by atoms with Crippen LogP contribution in [0.25, 0.3) is 0 Å². The van der Waals surface area contributed by atoms with Gasteiger partial charge < -0.3 is 5.11 Å². The van der Waals surface area contributed by atoms with Crippen LogP contribution < -0.4 is 0 Å². The molecule has 0 aliphatic heterocycles. The molecule has 0 heterocycles. The summed E-state index contributed by atoms with van der Waals surface area (Å²) in [5, 5.41) is 19.6. The molecule has 6 nitrogen and oxygen atoms in total. The van der Waals surface area contributed by atoms with E-state index in [1.54, 1.807) is 32.9 Å². The van der Waals surface area contributed by atoms with Crippen molar-refractivity contribution in [3.63, 3.8) is 0 Å². The van der Waals surface area contributed by atoms with Gasteiger partial charge in [0.15, 0.2) is 0 Å². The van der Waals surface area contributed by atoms with Gasteiger partial charge in [0.2, 0.25) is 0 Å². The number of amides is 1. The molecule has 0 atom stereocenters. The summed E-state index contributed by atoms with van der Waals surface area (Å²) in [5.41, 5.74) is 0.197. The van der Waals surface area contributed by atoms with Gasteiger partial charge in [-0.3, -0.25) is 15.0 Å². The fourth-order valence-electron chi connectivity index (χ4n) is 1.50. The van der Waals surface area contributed by atoms with Gasteiger partial charge >= 0.3 is 6.09 Å². The molecule has 0 fully saturated rings. The van der Waals surface area contributed by atoms with Crippen molar-refractivity contribution in [2.75, 3.05) is 0 Å². The number of carboxylic acid groups (broad SMARTS) is 1. The van der Waals surface area contributed by atoms with Crippen molar-refractivity contribution in [1.82, 2.24) is 4.90 Å². The second-order valence-corrected chi connectivity index (χ2v) is 4.96. The lowest BCUT2D eigenvalue weighted by Crippen LogP contribution is -2.44. The predicted octanol–water partition coefficient (Wildman–Crippen LogP) is 2.87. The van der Waals surface area contributed by atoms with Crippen LogP contribution >= 0.6 is 0 Å². The minimum absolute atomic E-state index is 0.00335. The topological polar surface area (TPSA) is 83.7 Å². The van der Waals surface area contributed by atoms with Crippen molar-refractivity contribution in [3.05, 3.63) is 39.9 Å². The van der Waals surface area contributed by atoms with E-state index in [-0.39, 0.29) is 12.2 Å². The Labute approximate surface area is 105 Å². The molecule has 0 saturated heterocycles. The summed E-state index contributed by atoms with van der Waals surface area (Å²) in [7, 11) is 0. The summed E-state index contributed by atoms with van der Waals surface area (Å²) in [6, 6.07) is 5.88. The standard InChI is InChI=1S/C12H16N2O4/c1-12(2,3)13(11(15)16)8-9-4-6-10(7-5-9)14(17)18/h4-7H,8H2,1-3H3,(H,15,16). The van der Waals surface area contributed by atoms with Gasteiger partial charge in [-0.25, -0.2) is 4.79 Å². The number of carbonyl (C=O) groups is 1. The highest BCUT2D eigenvalue weighted by atomic mass is 16.6. The third-order valence-corrected chi connectivity index (χ3v) is 2.53. The average molecular weight is 252 g/mol. The van der Waals surface area contributed by atoms with Crippen molar-refractivity contribution in [2.45, 2.75) is 32.9 Å². The zero-order valence-corrected chi connectivity index (χ0v) is 10.6. The maximum atomic E-state index is 11.1. The molecule has 0 aliphatic rings. The number of nitro benzene ring substituents is 1. The molecule has 1 N–H and O–H groups in total. The fourth-order valence-corrected chi connectivity index (χ4v) is 1.50. The summed E-state index contributed by atoms with van der Waals surface area (Å²) >= 11 is 0. The molecule has 1 aromatic carbocycles. The Morgan fingerprint density at radius 3 is 2.17 bits per heavy atom. The van der Waals surface area contributed by atoms with E-state index in [2.05, 4.69) is 0 Å². The Kier molecular flexibility index (Phi) is 3.90. The van der Waals surface area contributed by atoms with E-state index in [0.29, 0.717) is 0 Å². The van der Waals surface area contributed by atoms with Crippen LogP contribution in [-0.4, -0.2) is 26.6 Å². The highest BCUT2D eigenvalue weighted by Gasteiger charge is 2.26. The Hall–Kier alpha value is -2.11. The summed E-state index contributed by atoms with van der Waals surface area (Å²) in [6.45, 7) is 5.60. The second kappa shape index (κ2) is 5.03. The molecule has 1 aromatic rings. The first-order chi connectivity index (χ1) is 8.21. The molecule has 6 heteroatoms. The quantitative estimate of drug-likeness (QED) is 0.662. The molecular formula is C12H16N2O4. The monoisotopic (exact) mass is 252 g/mol. The predicted molar refractivity (Wildman–Crippen MR) is 66.4 cm³/mol. The Morgan fingerprint density at radius 2 is 1.83 bits per heavy atom. The van der Waals surface area contributed by atoms with Crippen LogP contribution in [0.15, 0.2) is 24.3 Å².